The average Bonchev–Trinajstić information content (AvgIpc) is 2.59. The number of carbonyl (C=O) groups excluding carboxylic acids is 2. The number of nitrogens with zero attached hydrogens (tertiary/aromatic N) is 2. The molecule has 1 heterocycles. The molecule has 0 saturated carbocycles. The van der Waals surface area contributed by atoms with Gasteiger partial charge in [-0.1, -0.05) is 12.1 Å². The highest BCUT2D eigenvalue weighted by Gasteiger charge is 2.30. The van der Waals surface area contributed by atoms with Crippen molar-refractivity contribution in [3.05, 3.63) is 35.4 Å². The number of rotatable bonds is 5. The van der Waals surface area contributed by atoms with Crippen LogP contribution in [0.2, 0.25) is 0 Å². The molecule has 0 aromatic heterocycles. The van der Waals surface area contributed by atoms with Crippen LogP contribution in [0.1, 0.15) is 36.7 Å². The van der Waals surface area contributed by atoms with E-state index in [0.29, 0.717) is 25.2 Å². The quantitative estimate of drug-likeness (QED) is 0.877. The van der Waals surface area contributed by atoms with Gasteiger partial charge in [-0.15, -0.1) is 0 Å². The Morgan fingerprint density at radius 3 is 2.32 bits per heavy atom. The maximum absolute atomic E-state index is 12.8. The Balaban J connectivity index is 1.96. The van der Waals surface area contributed by atoms with Crippen molar-refractivity contribution in [2.75, 3.05) is 27.2 Å². The fourth-order valence-electron chi connectivity index (χ4n) is 3.14. The van der Waals surface area contributed by atoms with Gasteiger partial charge in [0.2, 0.25) is 5.91 Å². The van der Waals surface area contributed by atoms with E-state index in [0.717, 1.165) is 5.56 Å². The van der Waals surface area contributed by atoms with Crippen molar-refractivity contribution in [2.24, 2.45) is 0 Å². The lowest BCUT2D eigenvalue weighted by Gasteiger charge is -2.38. The van der Waals surface area contributed by atoms with Gasteiger partial charge in [-0.2, -0.15) is 0 Å². The van der Waals surface area contributed by atoms with Gasteiger partial charge in [-0.05, 0) is 45.5 Å². The zero-order chi connectivity index (χ0) is 18.6. The average molecular weight is 347 g/mol. The number of ether oxygens (including phenoxy) is 1. The fraction of sp³-hybridized carbons (Fsp3) is 0.579. The molecule has 138 valence electrons. The molecule has 0 radical (unpaired) electrons. The van der Waals surface area contributed by atoms with E-state index in [4.69, 9.17) is 4.74 Å². The van der Waals surface area contributed by atoms with Crippen LogP contribution in [-0.2, 0) is 16.1 Å². The number of amides is 2. The second-order valence-corrected chi connectivity index (χ2v) is 6.87. The molecule has 1 aliphatic rings. The van der Waals surface area contributed by atoms with Crippen LogP contribution in [0.4, 0.5) is 0 Å². The monoisotopic (exact) mass is 347 g/mol. The first-order valence-corrected chi connectivity index (χ1v) is 8.77. The molecule has 1 N–H and O–H groups in total. The first-order chi connectivity index (χ1) is 11.8. The Labute approximate surface area is 150 Å². The number of hydrogen-bond donors (Lipinski definition) is 1. The molecule has 25 heavy (non-hydrogen) atoms. The van der Waals surface area contributed by atoms with E-state index in [1.807, 2.05) is 49.8 Å². The summed E-state index contributed by atoms with van der Waals surface area (Å²) in [5.74, 6) is 0.0329. The first-order valence-electron chi connectivity index (χ1n) is 8.77. The lowest BCUT2D eigenvalue weighted by Crippen LogP contribution is -2.53. The van der Waals surface area contributed by atoms with Crippen LogP contribution in [-0.4, -0.2) is 67.0 Å². The summed E-state index contributed by atoms with van der Waals surface area (Å²) in [5, 5.41) is 2.61. The van der Waals surface area contributed by atoms with Crippen molar-refractivity contribution < 1.29 is 14.3 Å². The second kappa shape index (κ2) is 8.45. The zero-order valence-electron chi connectivity index (χ0n) is 15.8. The van der Waals surface area contributed by atoms with Crippen molar-refractivity contribution in [3.63, 3.8) is 0 Å². The van der Waals surface area contributed by atoms with Gasteiger partial charge >= 0.3 is 0 Å². The molecular weight excluding hydrogens is 318 g/mol. The summed E-state index contributed by atoms with van der Waals surface area (Å²) in [6.45, 7) is 7.86. The maximum atomic E-state index is 12.8. The van der Waals surface area contributed by atoms with Gasteiger partial charge in [-0.3, -0.25) is 14.5 Å². The van der Waals surface area contributed by atoms with Crippen molar-refractivity contribution >= 4 is 11.8 Å². The van der Waals surface area contributed by atoms with E-state index in [1.165, 1.54) is 0 Å². The standard InChI is InChI=1S/C19H29N3O3/c1-13-10-22(11-14(2)25-13)19(24)15(3)21(5)12-16-6-8-17(9-7-16)18(23)20-4/h6-9,13-15H,10-12H2,1-5H3,(H,20,23). The van der Waals surface area contributed by atoms with E-state index in [2.05, 4.69) is 5.32 Å². The third-order valence-electron chi connectivity index (χ3n) is 4.62. The molecule has 0 bridgehead atoms. The second-order valence-electron chi connectivity index (χ2n) is 6.87. The molecule has 1 saturated heterocycles. The maximum Gasteiger partial charge on any atom is 0.251 e. The number of carbonyl (C=O) groups is 2. The normalized spacial score (nSPS) is 21.9. The number of morpholine rings is 1. The molecule has 1 aliphatic heterocycles. The van der Waals surface area contributed by atoms with Crippen molar-refractivity contribution in [1.29, 1.82) is 0 Å². The molecule has 0 spiro atoms. The number of nitrogens with one attached hydrogen (secondary N) is 1. The van der Waals surface area contributed by atoms with Gasteiger partial charge in [0.25, 0.3) is 5.91 Å². The molecule has 6 heteroatoms. The zero-order valence-corrected chi connectivity index (χ0v) is 15.8. The van der Waals surface area contributed by atoms with E-state index >= 15 is 0 Å². The highest BCUT2D eigenvalue weighted by atomic mass is 16.5. The summed E-state index contributed by atoms with van der Waals surface area (Å²) < 4.78 is 5.70. The van der Waals surface area contributed by atoms with Crippen LogP contribution in [0.15, 0.2) is 24.3 Å². The van der Waals surface area contributed by atoms with Gasteiger partial charge in [-0.25, -0.2) is 0 Å². The topological polar surface area (TPSA) is 61.9 Å². The fourth-order valence-corrected chi connectivity index (χ4v) is 3.14. The van der Waals surface area contributed by atoms with Gasteiger partial charge in [0.05, 0.1) is 18.2 Å². The van der Waals surface area contributed by atoms with Gasteiger partial charge in [0.15, 0.2) is 0 Å². The highest BCUT2D eigenvalue weighted by Crippen LogP contribution is 2.15. The number of likely N-dealkylation sites (N-methyl/N-ethyl adjacent to an activating group) is 1. The molecule has 0 aliphatic carbocycles. The molecule has 6 nitrogen and oxygen atoms in total. The van der Waals surface area contributed by atoms with Gasteiger partial charge < -0.3 is 15.0 Å². The van der Waals surface area contributed by atoms with Crippen LogP contribution in [0.5, 0.6) is 0 Å². The van der Waals surface area contributed by atoms with Crippen LogP contribution in [0.25, 0.3) is 0 Å². The lowest BCUT2D eigenvalue weighted by molar-refractivity contribution is -0.147. The third-order valence-corrected chi connectivity index (χ3v) is 4.62. The Kier molecular flexibility index (Phi) is 6.56. The molecule has 1 fully saturated rings. The molecule has 3 unspecified atom stereocenters. The molecule has 2 amide bonds. The molecule has 1 aromatic rings. The van der Waals surface area contributed by atoms with Crippen molar-refractivity contribution in [1.82, 2.24) is 15.1 Å². The Morgan fingerprint density at radius 1 is 1.24 bits per heavy atom. The van der Waals surface area contributed by atoms with Crippen LogP contribution in [0.3, 0.4) is 0 Å². The van der Waals surface area contributed by atoms with E-state index < -0.39 is 0 Å². The van der Waals surface area contributed by atoms with E-state index in [9.17, 15) is 9.59 Å². The molecule has 3 atom stereocenters. The first kappa shape index (κ1) is 19.4. The third kappa shape index (κ3) is 5.03. The highest BCUT2D eigenvalue weighted by molar-refractivity contribution is 5.93. The Morgan fingerprint density at radius 2 is 1.80 bits per heavy atom. The SMILES string of the molecule is CNC(=O)c1ccc(CN(C)C(C)C(=O)N2CC(C)OC(C)C2)cc1. The summed E-state index contributed by atoms with van der Waals surface area (Å²) in [6.07, 6.45) is 0.143. The number of hydrogen-bond acceptors (Lipinski definition) is 4. The largest absolute Gasteiger partial charge is 0.372 e. The smallest absolute Gasteiger partial charge is 0.251 e. The van der Waals surface area contributed by atoms with Crippen molar-refractivity contribution in [3.8, 4) is 0 Å². The van der Waals surface area contributed by atoms with Crippen LogP contribution >= 0.6 is 0 Å². The Bertz CT molecular complexity index is 592. The number of benzene rings is 1. The van der Waals surface area contributed by atoms with Crippen molar-refractivity contribution in [2.45, 2.75) is 45.6 Å². The molecular formula is C19H29N3O3. The minimum atomic E-state index is -0.212. The summed E-state index contributed by atoms with van der Waals surface area (Å²) in [5.41, 5.74) is 1.70. The summed E-state index contributed by atoms with van der Waals surface area (Å²) >= 11 is 0. The Hall–Kier alpha value is -1.92. The summed E-state index contributed by atoms with van der Waals surface area (Å²) in [6, 6.07) is 7.25. The van der Waals surface area contributed by atoms with Crippen LogP contribution < -0.4 is 5.32 Å². The summed E-state index contributed by atoms with van der Waals surface area (Å²) in [7, 11) is 3.56. The lowest BCUT2D eigenvalue weighted by atomic mass is 10.1. The van der Waals surface area contributed by atoms with E-state index in [-0.39, 0.29) is 30.1 Å². The minimum Gasteiger partial charge on any atom is -0.372 e. The van der Waals surface area contributed by atoms with E-state index in [1.54, 1.807) is 19.2 Å². The minimum absolute atomic E-state index is 0.0717. The predicted octanol–water partition coefficient (Wildman–Crippen LogP) is 1.50. The summed E-state index contributed by atoms with van der Waals surface area (Å²) in [4.78, 5) is 28.3. The van der Waals surface area contributed by atoms with Crippen LogP contribution in [0, 0.1) is 0 Å². The predicted molar refractivity (Wildman–Crippen MR) is 97.4 cm³/mol. The molecule has 1 aromatic carbocycles. The van der Waals surface area contributed by atoms with Gasteiger partial charge in [0.1, 0.15) is 0 Å². The molecule has 2 rings (SSSR count). The van der Waals surface area contributed by atoms with Gasteiger partial charge in [0, 0.05) is 32.2 Å².